The van der Waals surface area contributed by atoms with Gasteiger partial charge in [0.1, 0.15) is 12.4 Å². The first-order valence-corrected chi connectivity index (χ1v) is 7.01. The number of nitrogens with one attached hydrogen (secondary N) is 1. The van der Waals surface area contributed by atoms with Crippen molar-refractivity contribution in [3.63, 3.8) is 0 Å². The quantitative estimate of drug-likeness (QED) is 0.872. The molecule has 0 spiro atoms. The van der Waals surface area contributed by atoms with Crippen LogP contribution in [0.5, 0.6) is 5.75 Å². The molecule has 0 unspecified atom stereocenters. The van der Waals surface area contributed by atoms with Crippen LogP contribution in [0.1, 0.15) is 36.7 Å². The van der Waals surface area contributed by atoms with Crippen LogP contribution in [-0.2, 0) is 13.2 Å². The molecular weight excluding hydrogens is 248 g/mol. The molecular formula is C17H22N2O. The Labute approximate surface area is 121 Å². The molecule has 3 heteroatoms. The summed E-state index contributed by atoms with van der Waals surface area (Å²) in [5.41, 5.74) is 3.27. The number of pyridine rings is 1. The first-order valence-electron chi connectivity index (χ1n) is 7.01. The molecule has 0 bridgehead atoms. The van der Waals surface area contributed by atoms with Gasteiger partial charge in [0.15, 0.2) is 0 Å². The van der Waals surface area contributed by atoms with Gasteiger partial charge in [-0.05, 0) is 42.8 Å². The van der Waals surface area contributed by atoms with Gasteiger partial charge in [0, 0.05) is 6.54 Å². The van der Waals surface area contributed by atoms with E-state index >= 15 is 0 Å². The molecule has 2 aromatic rings. The average Bonchev–Trinajstić information content (AvgIpc) is 2.46. The summed E-state index contributed by atoms with van der Waals surface area (Å²) in [4.78, 5) is 4.55. The van der Waals surface area contributed by atoms with Crippen molar-refractivity contribution >= 4 is 0 Å². The van der Waals surface area contributed by atoms with Crippen LogP contribution in [0.4, 0.5) is 0 Å². The van der Waals surface area contributed by atoms with Gasteiger partial charge in [-0.2, -0.15) is 0 Å². The Kier molecular flexibility index (Phi) is 5.13. The van der Waals surface area contributed by atoms with Crippen LogP contribution in [-0.4, -0.2) is 12.0 Å². The van der Waals surface area contributed by atoms with Crippen molar-refractivity contribution in [2.75, 3.05) is 7.05 Å². The first kappa shape index (κ1) is 14.5. The lowest BCUT2D eigenvalue weighted by Gasteiger charge is -2.10. The summed E-state index contributed by atoms with van der Waals surface area (Å²) in [6.07, 6.45) is 0. The van der Waals surface area contributed by atoms with E-state index in [0.29, 0.717) is 12.5 Å². The van der Waals surface area contributed by atoms with Crippen molar-refractivity contribution in [2.24, 2.45) is 0 Å². The van der Waals surface area contributed by atoms with Crippen LogP contribution in [0.15, 0.2) is 42.5 Å². The normalized spacial score (nSPS) is 10.8. The van der Waals surface area contributed by atoms with Crippen molar-refractivity contribution in [1.29, 1.82) is 0 Å². The van der Waals surface area contributed by atoms with E-state index in [2.05, 4.69) is 36.3 Å². The minimum absolute atomic E-state index is 0.499. The standard InChI is InChI=1S/C17H22N2O/c1-13(2)14-6-4-9-17(10-14)20-12-16-8-5-7-15(19-16)11-18-3/h4-10,13,18H,11-12H2,1-3H3. The zero-order valence-electron chi connectivity index (χ0n) is 12.4. The summed E-state index contributed by atoms with van der Waals surface area (Å²) in [7, 11) is 1.92. The molecule has 1 aromatic carbocycles. The third-order valence-corrected chi connectivity index (χ3v) is 3.13. The van der Waals surface area contributed by atoms with Crippen molar-refractivity contribution in [3.05, 3.63) is 59.4 Å². The summed E-state index contributed by atoms with van der Waals surface area (Å²) < 4.78 is 5.83. The SMILES string of the molecule is CNCc1cccc(COc2cccc(C(C)C)c2)n1. The highest BCUT2D eigenvalue weighted by molar-refractivity contribution is 5.30. The number of ether oxygens (including phenoxy) is 1. The fourth-order valence-corrected chi connectivity index (χ4v) is 2.01. The number of aromatic nitrogens is 1. The predicted molar refractivity (Wildman–Crippen MR) is 81.9 cm³/mol. The molecule has 0 radical (unpaired) electrons. The minimum atomic E-state index is 0.499. The second-order valence-corrected chi connectivity index (χ2v) is 5.17. The summed E-state index contributed by atoms with van der Waals surface area (Å²) in [5, 5.41) is 3.10. The van der Waals surface area contributed by atoms with Gasteiger partial charge < -0.3 is 10.1 Å². The lowest BCUT2D eigenvalue weighted by Crippen LogP contribution is -2.08. The van der Waals surface area contributed by atoms with E-state index in [9.17, 15) is 0 Å². The van der Waals surface area contributed by atoms with Gasteiger partial charge in [-0.15, -0.1) is 0 Å². The van der Waals surface area contributed by atoms with Gasteiger partial charge in [-0.1, -0.05) is 32.0 Å². The second-order valence-electron chi connectivity index (χ2n) is 5.17. The van der Waals surface area contributed by atoms with E-state index in [0.717, 1.165) is 23.7 Å². The van der Waals surface area contributed by atoms with E-state index < -0.39 is 0 Å². The topological polar surface area (TPSA) is 34.1 Å². The van der Waals surface area contributed by atoms with E-state index in [4.69, 9.17) is 4.74 Å². The molecule has 0 fully saturated rings. The molecule has 2 rings (SSSR count). The highest BCUT2D eigenvalue weighted by Gasteiger charge is 2.02. The average molecular weight is 270 g/mol. The summed E-state index contributed by atoms with van der Waals surface area (Å²) in [5.74, 6) is 1.41. The Morgan fingerprint density at radius 2 is 1.85 bits per heavy atom. The molecule has 106 valence electrons. The Hall–Kier alpha value is -1.87. The molecule has 0 aliphatic heterocycles. The van der Waals surface area contributed by atoms with Gasteiger partial charge in [0.05, 0.1) is 11.4 Å². The van der Waals surface area contributed by atoms with Gasteiger partial charge in [0.25, 0.3) is 0 Å². The maximum atomic E-state index is 5.83. The predicted octanol–water partition coefficient (Wildman–Crippen LogP) is 3.50. The summed E-state index contributed by atoms with van der Waals surface area (Å²) >= 11 is 0. The van der Waals surface area contributed by atoms with E-state index in [1.54, 1.807) is 0 Å². The summed E-state index contributed by atoms with van der Waals surface area (Å²) in [6, 6.07) is 14.3. The van der Waals surface area contributed by atoms with Crippen LogP contribution in [0.2, 0.25) is 0 Å². The fraction of sp³-hybridized carbons (Fsp3) is 0.353. The highest BCUT2D eigenvalue weighted by Crippen LogP contribution is 2.20. The Balaban J connectivity index is 2.01. The van der Waals surface area contributed by atoms with Crippen LogP contribution in [0.25, 0.3) is 0 Å². The molecule has 0 saturated heterocycles. The smallest absolute Gasteiger partial charge is 0.130 e. The van der Waals surface area contributed by atoms with Crippen LogP contribution in [0.3, 0.4) is 0 Å². The van der Waals surface area contributed by atoms with E-state index in [-0.39, 0.29) is 0 Å². The fourth-order valence-electron chi connectivity index (χ4n) is 2.01. The van der Waals surface area contributed by atoms with Crippen LogP contribution in [0, 0.1) is 0 Å². The van der Waals surface area contributed by atoms with E-state index in [1.165, 1.54) is 5.56 Å². The number of benzene rings is 1. The number of nitrogens with zero attached hydrogens (tertiary/aromatic N) is 1. The monoisotopic (exact) mass is 270 g/mol. The Morgan fingerprint density at radius 1 is 1.10 bits per heavy atom. The third kappa shape index (κ3) is 4.07. The van der Waals surface area contributed by atoms with Gasteiger partial charge in [-0.25, -0.2) is 0 Å². The van der Waals surface area contributed by atoms with Gasteiger partial charge in [0.2, 0.25) is 0 Å². The highest BCUT2D eigenvalue weighted by atomic mass is 16.5. The maximum absolute atomic E-state index is 5.83. The second kappa shape index (κ2) is 7.06. The number of rotatable bonds is 6. The zero-order chi connectivity index (χ0) is 14.4. The number of hydrogen-bond acceptors (Lipinski definition) is 3. The molecule has 3 nitrogen and oxygen atoms in total. The first-order chi connectivity index (χ1) is 9.69. The maximum Gasteiger partial charge on any atom is 0.130 e. The Bertz CT molecular complexity index is 552. The molecule has 0 aliphatic rings. The molecule has 1 N–H and O–H groups in total. The van der Waals surface area contributed by atoms with Crippen molar-refractivity contribution in [2.45, 2.75) is 32.9 Å². The molecule has 0 saturated carbocycles. The molecule has 0 aliphatic carbocycles. The molecule has 0 atom stereocenters. The van der Waals surface area contributed by atoms with Crippen molar-refractivity contribution < 1.29 is 4.74 Å². The largest absolute Gasteiger partial charge is 0.487 e. The molecule has 1 heterocycles. The van der Waals surface area contributed by atoms with Crippen molar-refractivity contribution in [1.82, 2.24) is 10.3 Å². The Morgan fingerprint density at radius 3 is 2.60 bits per heavy atom. The molecule has 20 heavy (non-hydrogen) atoms. The lowest BCUT2D eigenvalue weighted by atomic mass is 10.0. The van der Waals surface area contributed by atoms with E-state index in [1.807, 2.05) is 37.4 Å². The van der Waals surface area contributed by atoms with Gasteiger partial charge >= 0.3 is 0 Å². The van der Waals surface area contributed by atoms with Crippen LogP contribution >= 0.6 is 0 Å². The van der Waals surface area contributed by atoms with Gasteiger partial charge in [-0.3, -0.25) is 4.98 Å². The number of hydrogen-bond donors (Lipinski definition) is 1. The molecule has 1 aromatic heterocycles. The minimum Gasteiger partial charge on any atom is -0.487 e. The lowest BCUT2D eigenvalue weighted by molar-refractivity contribution is 0.300. The zero-order valence-corrected chi connectivity index (χ0v) is 12.4. The van der Waals surface area contributed by atoms with Crippen molar-refractivity contribution in [3.8, 4) is 5.75 Å². The third-order valence-electron chi connectivity index (χ3n) is 3.13. The summed E-state index contributed by atoms with van der Waals surface area (Å²) in [6.45, 7) is 5.64. The van der Waals surface area contributed by atoms with Crippen LogP contribution < -0.4 is 10.1 Å². The molecule has 0 amide bonds.